The van der Waals surface area contributed by atoms with Crippen LogP contribution in [0.15, 0.2) is 91.3 Å². The molecule has 0 amide bonds. The van der Waals surface area contributed by atoms with Gasteiger partial charge in [0.05, 0.1) is 5.69 Å². The van der Waals surface area contributed by atoms with Gasteiger partial charge in [-0.3, -0.25) is 4.98 Å². The maximum absolute atomic E-state index is 9.52. The van der Waals surface area contributed by atoms with Gasteiger partial charge in [0.1, 0.15) is 5.75 Å². The van der Waals surface area contributed by atoms with E-state index in [1.54, 1.807) is 24.5 Å². The molecule has 0 fully saturated rings. The zero-order chi connectivity index (χ0) is 26.6. The fourth-order valence-electron chi connectivity index (χ4n) is 4.05. The Hall–Kier alpha value is -3.33. The Morgan fingerprint density at radius 1 is 0.889 bits per heavy atom. The summed E-state index contributed by atoms with van der Waals surface area (Å²) in [5, 5.41) is 11.6. The van der Waals surface area contributed by atoms with Crippen LogP contribution in [0.25, 0.3) is 33.3 Å². The van der Waals surface area contributed by atoms with Gasteiger partial charge in [-0.1, -0.05) is 64.1 Å². The summed E-state index contributed by atoms with van der Waals surface area (Å²) < 4.78 is 16.6. The number of aromatic hydroxyl groups is 1. The quantitative estimate of drug-likeness (QED) is 0.200. The smallest absolute Gasteiger partial charge is 0.124 e. The fourth-order valence-corrected chi connectivity index (χ4v) is 4.05. The van der Waals surface area contributed by atoms with E-state index in [1.807, 2.05) is 75.4 Å². The van der Waals surface area contributed by atoms with Crippen LogP contribution >= 0.6 is 0 Å². The van der Waals surface area contributed by atoms with E-state index in [9.17, 15) is 5.11 Å². The predicted molar refractivity (Wildman–Crippen MR) is 145 cm³/mol. The second-order valence-corrected chi connectivity index (χ2v) is 8.88. The number of aromatic nitrogens is 2. The Kier molecular flexibility index (Phi) is 8.51. The molecular formula is C32H31IrN2O-. The van der Waals surface area contributed by atoms with Crippen molar-refractivity contribution in [2.75, 3.05) is 0 Å². The number of phenolic OH excluding ortho intramolecular Hbond substituents is 1. The topological polar surface area (TPSA) is 46.0 Å². The summed E-state index contributed by atoms with van der Waals surface area (Å²) in [6.07, 6.45) is 2.16. The van der Waals surface area contributed by atoms with Crippen LogP contribution in [0.4, 0.5) is 0 Å². The molecule has 0 bridgehead atoms. The van der Waals surface area contributed by atoms with Crippen molar-refractivity contribution in [1.29, 1.82) is 0 Å². The molecule has 3 nitrogen and oxygen atoms in total. The van der Waals surface area contributed by atoms with Gasteiger partial charge >= 0.3 is 0 Å². The average Bonchev–Trinajstić information content (AvgIpc) is 2.88. The molecule has 0 aliphatic carbocycles. The van der Waals surface area contributed by atoms with Crippen molar-refractivity contribution in [2.24, 2.45) is 5.92 Å². The molecule has 3 aromatic carbocycles. The van der Waals surface area contributed by atoms with Gasteiger partial charge in [-0.15, -0.1) is 34.9 Å². The van der Waals surface area contributed by atoms with E-state index >= 15 is 0 Å². The van der Waals surface area contributed by atoms with E-state index < -0.39 is 6.37 Å². The zero-order valence-electron chi connectivity index (χ0n) is 22.9. The first-order valence-corrected chi connectivity index (χ1v) is 11.8. The first kappa shape index (κ1) is 24.4. The number of phenols is 1. The monoisotopic (exact) mass is 654 g/mol. The third kappa shape index (κ3) is 6.87. The molecule has 2 aromatic heterocycles. The fraction of sp³-hybridized carbons (Fsp3) is 0.188. The molecule has 36 heavy (non-hydrogen) atoms. The second-order valence-electron chi connectivity index (χ2n) is 8.88. The Balaban J connectivity index is 0.000000242. The van der Waals surface area contributed by atoms with E-state index in [-0.39, 0.29) is 31.8 Å². The Morgan fingerprint density at radius 2 is 1.67 bits per heavy atom. The molecule has 0 unspecified atom stereocenters. The molecule has 0 aliphatic rings. The van der Waals surface area contributed by atoms with Gasteiger partial charge in [-0.2, -0.15) is 0 Å². The Labute approximate surface area is 230 Å². The summed E-state index contributed by atoms with van der Waals surface area (Å²) in [4.78, 5) is 8.71. The molecule has 5 rings (SSSR count). The first-order chi connectivity index (χ1) is 17.7. The Morgan fingerprint density at radius 3 is 2.36 bits per heavy atom. The van der Waals surface area contributed by atoms with E-state index in [0.29, 0.717) is 5.56 Å². The molecule has 0 saturated carbocycles. The standard InChI is InChI=1S/C21H22N.C11H9NO.Ir/c1-14(2)9-17-5-6-20-18(13-17)7-8-22-21(20)19-11-15(3)10-16(4)12-19;13-11-7-2-1-5-9(11)10-6-3-4-8-12-10;/h5-8,10-11,13-14H,9H2,1-4H3;1-8,13H;/q-1;;/i9D2;;. The van der Waals surface area contributed by atoms with Crippen LogP contribution < -0.4 is 0 Å². The largest absolute Gasteiger partial charge is 0.507 e. The molecule has 1 radical (unpaired) electrons. The molecule has 0 atom stereocenters. The third-order valence-corrected chi connectivity index (χ3v) is 5.47. The van der Waals surface area contributed by atoms with Gasteiger partial charge in [-0.25, -0.2) is 0 Å². The molecular weight excluding hydrogens is 621 g/mol. The van der Waals surface area contributed by atoms with Crippen molar-refractivity contribution in [2.45, 2.75) is 34.1 Å². The third-order valence-electron chi connectivity index (χ3n) is 5.47. The van der Waals surface area contributed by atoms with Gasteiger partial charge < -0.3 is 10.1 Å². The number of hydrogen-bond donors (Lipinski definition) is 1. The number of fused-ring (bicyclic) bond motifs is 1. The van der Waals surface area contributed by atoms with Crippen LogP contribution in [0.2, 0.25) is 0 Å². The van der Waals surface area contributed by atoms with Gasteiger partial charge in [0.2, 0.25) is 0 Å². The summed E-state index contributed by atoms with van der Waals surface area (Å²) >= 11 is 0. The number of pyridine rings is 2. The molecule has 5 aromatic rings. The van der Waals surface area contributed by atoms with Gasteiger partial charge in [0.15, 0.2) is 0 Å². The first-order valence-electron chi connectivity index (χ1n) is 12.8. The summed E-state index contributed by atoms with van der Waals surface area (Å²) in [6, 6.07) is 28.1. The van der Waals surface area contributed by atoms with Crippen molar-refractivity contribution in [1.82, 2.24) is 9.97 Å². The minimum absolute atomic E-state index is 0. The number of para-hydroxylation sites is 1. The van der Waals surface area contributed by atoms with E-state index in [2.05, 4.69) is 35.1 Å². The Bertz CT molecular complexity index is 1500. The van der Waals surface area contributed by atoms with Crippen molar-refractivity contribution >= 4 is 10.8 Å². The number of benzene rings is 3. The molecule has 0 saturated heterocycles. The van der Waals surface area contributed by atoms with E-state index in [4.69, 9.17) is 2.74 Å². The maximum atomic E-state index is 9.52. The summed E-state index contributed by atoms with van der Waals surface area (Å²) in [6.45, 7) is 7.93. The zero-order valence-corrected chi connectivity index (χ0v) is 23.3. The molecule has 1 N–H and O–H groups in total. The normalized spacial score (nSPS) is 11.7. The van der Waals surface area contributed by atoms with Gasteiger partial charge in [0, 0.05) is 40.8 Å². The second kappa shape index (κ2) is 12.6. The minimum atomic E-state index is -1.34. The van der Waals surface area contributed by atoms with Crippen LogP contribution in [-0.2, 0) is 26.5 Å². The van der Waals surface area contributed by atoms with Gasteiger partial charge in [-0.05, 0) is 64.7 Å². The van der Waals surface area contributed by atoms with Crippen molar-refractivity contribution in [3.8, 4) is 28.3 Å². The SMILES string of the molecule is Oc1ccccc1-c1ccccn1.[2H]C([2H])(c1ccc2c(-c3[c-]c(C)cc(C)c3)nccc2c1)C(C)C.[Ir]. The average molecular weight is 654 g/mol. The summed E-state index contributed by atoms with van der Waals surface area (Å²) in [5.74, 6) is 0.185. The predicted octanol–water partition coefficient (Wildman–Crippen LogP) is 7.97. The molecule has 185 valence electrons. The number of rotatable bonds is 4. The van der Waals surface area contributed by atoms with Crippen LogP contribution in [-0.4, -0.2) is 15.1 Å². The van der Waals surface area contributed by atoms with Crippen LogP contribution in [0.5, 0.6) is 5.75 Å². The summed E-state index contributed by atoms with van der Waals surface area (Å²) in [7, 11) is 0. The molecule has 0 aliphatic heterocycles. The van der Waals surface area contributed by atoms with Crippen molar-refractivity contribution in [3.63, 3.8) is 0 Å². The number of aryl methyl sites for hydroxylation is 2. The van der Waals surface area contributed by atoms with Crippen molar-refractivity contribution in [3.05, 3.63) is 114 Å². The van der Waals surface area contributed by atoms with Crippen LogP contribution in [0.3, 0.4) is 0 Å². The molecule has 2 heterocycles. The number of nitrogens with zero attached hydrogens (tertiary/aromatic N) is 2. The van der Waals surface area contributed by atoms with Crippen LogP contribution in [0.1, 0.15) is 33.3 Å². The summed E-state index contributed by atoms with van der Waals surface area (Å²) in [5.41, 5.74) is 6.44. The maximum Gasteiger partial charge on any atom is 0.124 e. The molecule has 4 heteroatoms. The molecule has 0 spiro atoms. The number of hydrogen-bond acceptors (Lipinski definition) is 3. The van der Waals surface area contributed by atoms with Crippen molar-refractivity contribution < 1.29 is 28.0 Å². The van der Waals surface area contributed by atoms with E-state index in [0.717, 1.165) is 38.9 Å². The van der Waals surface area contributed by atoms with E-state index in [1.165, 1.54) is 5.56 Å². The minimum Gasteiger partial charge on any atom is -0.507 e. The van der Waals surface area contributed by atoms with Crippen LogP contribution in [0, 0.1) is 25.8 Å². The van der Waals surface area contributed by atoms with Gasteiger partial charge in [0.25, 0.3) is 0 Å².